The molecule has 2 rings (SSSR count). The van der Waals surface area contributed by atoms with Crippen molar-refractivity contribution >= 4 is 6.29 Å². The third-order valence-corrected chi connectivity index (χ3v) is 4.65. The molecule has 1 aliphatic heterocycles. The van der Waals surface area contributed by atoms with Gasteiger partial charge in [0.05, 0.1) is 5.60 Å². The van der Waals surface area contributed by atoms with E-state index in [2.05, 4.69) is 9.80 Å². The topological polar surface area (TPSA) is 32.8 Å². The monoisotopic (exact) mass is 336 g/mol. The number of piperidine rings is 1. The van der Waals surface area contributed by atoms with Crippen LogP contribution in [-0.2, 0) is 16.0 Å². The molecule has 1 unspecified atom stereocenters. The van der Waals surface area contributed by atoms with E-state index in [-0.39, 0.29) is 17.5 Å². The number of carbonyl (C=O) groups excluding carboxylic acids is 1. The van der Waals surface area contributed by atoms with Gasteiger partial charge in [-0.15, -0.1) is 0 Å². The Labute approximate surface area is 144 Å². The quantitative estimate of drug-likeness (QED) is 0.683. The molecule has 4 nitrogen and oxygen atoms in total. The predicted octanol–water partition coefficient (Wildman–Crippen LogP) is 2.37. The van der Waals surface area contributed by atoms with Crippen molar-refractivity contribution in [3.8, 4) is 0 Å². The van der Waals surface area contributed by atoms with Crippen LogP contribution in [0.3, 0.4) is 0 Å². The summed E-state index contributed by atoms with van der Waals surface area (Å²) in [7, 11) is 4.06. The van der Waals surface area contributed by atoms with E-state index < -0.39 is 0 Å². The molecular weight excluding hydrogens is 307 g/mol. The molecule has 1 aliphatic rings. The van der Waals surface area contributed by atoms with Crippen LogP contribution in [0.2, 0.25) is 0 Å². The number of carbonyl (C=O) groups is 1. The second kappa shape index (κ2) is 8.70. The minimum absolute atomic E-state index is 0.125. The van der Waals surface area contributed by atoms with Crippen LogP contribution in [-0.4, -0.2) is 68.1 Å². The molecule has 0 amide bonds. The van der Waals surface area contributed by atoms with Crippen LogP contribution < -0.4 is 0 Å². The van der Waals surface area contributed by atoms with Gasteiger partial charge in [-0.05, 0) is 51.9 Å². The molecule has 0 radical (unpaired) electrons. The van der Waals surface area contributed by atoms with Crippen molar-refractivity contribution in [1.29, 1.82) is 0 Å². The third-order valence-electron chi connectivity index (χ3n) is 4.65. The fourth-order valence-electron chi connectivity index (χ4n) is 3.48. The number of likely N-dealkylation sites (tertiary alicyclic amines) is 1. The number of likely N-dealkylation sites (N-methyl/N-ethyl adjacent to an activating group) is 1. The van der Waals surface area contributed by atoms with Crippen molar-refractivity contribution in [2.75, 3.05) is 40.3 Å². The van der Waals surface area contributed by atoms with Gasteiger partial charge in [0.25, 0.3) is 0 Å². The van der Waals surface area contributed by atoms with Crippen molar-refractivity contribution in [2.45, 2.75) is 37.9 Å². The number of aldehydes is 1. The van der Waals surface area contributed by atoms with Crippen molar-refractivity contribution in [3.63, 3.8) is 0 Å². The maximum absolute atomic E-state index is 13.7. The number of hydrogen-bond donors (Lipinski definition) is 0. The Morgan fingerprint density at radius 3 is 2.58 bits per heavy atom. The van der Waals surface area contributed by atoms with Gasteiger partial charge < -0.3 is 19.3 Å². The molecule has 5 heteroatoms. The first kappa shape index (κ1) is 19.0. The van der Waals surface area contributed by atoms with E-state index in [0.29, 0.717) is 0 Å². The van der Waals surface area contributed by atoms with Crippen molar-refractivity contribution < 1.29 is 13.9 Å². The van der Waals surface area contributed by atoms with Crippen LogP contribution in [0.15, 0.2) is 24.3 Å². The standard InChI is InChI=1S/C19H29FN2O2/c1-16(14-23)24-19(15-21(2)3)9-12-22(13-10-19)11-8-17-6-4-5-7-18(17)20/h4-7,14,16H,8-13,15H2,1-3H3. The lowest BCUT2D eigenvalue weighted by Crippen LogP contribution is -2.53. The van der Waals surface area contributed by atoms with Crippen LogP contribution in [0, 0.1) is 5.82 Å². The van der Waals surface area contributed by atoms with Crippen molar-refractivity contribution in [2.24, 2.45) is 0 Å². The largest absolute Gasteiger partial charge is 0.363 e. The first-order valence-corrected chi connectivity index (χ1v) is 8.68. The lowest BCUT2D eigenvalue weighted by molar-refractivity contribution is -0.144. The molecule has 1 aromatic carbocycles. The maximum Gasteiger partial charge on any atom is 0.148 e. The molecule has 0 aromatic heterocycles. The Morgan fingerprint density at radius 2 is 2.00 bits per heavy atom. The molecule has 0 aliphatic carbocycles. The van der Waals surface area contributed by atoms with Gasteiger partial charge in [-0.2, -0.15) is 0 Å². The van der Waals surface area contributed by atoms with E-state index >= 15 is 0 Å². The van der Waals surface area contributed by atoms with E-state index in [1.807, 2.05) is 26.2 Å². The van der Waals surface area contributed by atoms with Crippen LogP contribution in [0.1, 0.15) is 25.3 Å². The maximum atomic E-state index is 13.7. The first-order chi connectivity index (χ1) is 11.4. The molecule has 0 N–H and O–H groups in total. The highest BCUT2D eigenvalue weighted by Gasteiger charge is 2.37. The minimum atomic E-state index is -0.380. The second-order valence-corrected chi connectivity index (χ2v) is 7.06. The van der Waals surface area contributed by atoms with Crippen LogP contribution in [0.5, 0.6) is 0 Å². The average Bonchev–Trinajstić information content (AvgIpc) is 2.55. The molecule has 134 valence electrons. The number of rotatable bonds is 8. The Morgan fingerprint density at radius 1 is 1.33 bits per heavy atom. The molecule has 0 bridgehead atoms. The predicted molar refractivity (Wildman–Crippen MR) is 93.7 cm³/mol. The highest BCUT2D eigenvalue weighted by atomic mass is 19.1. The van der Waals surface area contributed by atoms with E-state index in [9.17, 15) is 9.18 Å². The van der Waals surface area contributed by atoms with E-state index in [0.717, 1.165) is 57.3 Å². The number of ether oxygens (including phenoxy) is 1. The molecule has 0 spiro atoms. The first-order valence-electron chi connectivity index (χ1n) is 8.68. The highest BCUT2D eigenvalue weighted by Crippen LogP contribution is 2.28. The molecule has 1 heterocycles. The average molecular weight is 336 g/mol. The number of hydrogen-bond acceptors (Lipinski definition) is 4. The van der Waals surface area contributed by atoms with Crippen molar-refractivity contribution in [1.82, 2.24) is 9.80 Å². The third kappa shape index (κ3) is 5.36. The fraction of sp³-hybridized carbons (Fsp3) is 0.632. The van der Waals surface area contributed by atoms with Gasteiger partial charge in [-0.1, -0.05) is 18.2 Å². The summed E-state index contributed by atoms with van der Waals surface area (Å²) in [4.78, 5) is 15.5. The molecule has 1 atom stereocenters. The summed E-state index contributed by atoms with van der Waals surface area (Å²) >= 11 is 0. The molecule has 1 aromatic rings. The summed E-state index contributed by atoms with van der Waals surface area (Å²) in [6.07, 6.45) is 2.98. The van der Waals surface area contributed by atoms with Gasteiger partial charge in [-0.3, -0.25) is 0 Å². The van der Waals surface area contributed by atoms with Crippen molar-refractivity contribution in [3.05, 3.63) is 35.6 Å². The zero-order chi connectivity index (χ0) is 17.6. The summed E-state index contributed by atoms with van der Waals surface area (Å²) in [5.41, 5.74) is 0.506. The molecule has 1 fully saturated rings. The Bertz CT molecular complexity index is 528. The Balaban J connectivity index is 1.89. The number of halogens is 1. The summed E-state index contributed by atoms with van der Waals surface area (Å²) < 4.78 is 19.8. The molecule has 0 saturated carbocycles. The van der Waals surface area contributed by atoms with E-state index in [1.54, 1.807) is 13.0 Å². The van der Waals surface area contributed by atoms with Gasteiger partial charge in [0.1, 0.15) is 18.2 Å². The fourth-order valence-corrected chi connectivity index (χ4v) is 3.48. The second-order valence-electron chi connectivity index (χ2n) is 7.06. The van der Waals surface area contributed by atoms with E-state index in [1.165, 1.54) is 6.07 Å². The van der Waals surface area contributed by atoms with Crippen LogP contribution >= 0.6 is 0 Å². The zero-order valence-corrected chi connectivity index (χ0v) is 15.0. The Hall–Kier alpha value is -1.30. The highest BCUT2D eigenvalue weighted by molar-refractivity contribution is 5.55. The van der Waals surface area contributed by atoms with E-state index in [4.69, 9.17) is 4.74 Å². The van der Waals surface area contributed by atoms with Crippen LogP contribution in [0.4, 0.5) is 4.39 Å². The van der Waals surface area contributed by atoms with Crippen LogP contribution in [0.25, 0.3) is 0 Å². The minimum Gasteiger partial charge on any atom is -0.363 e. The zero-order valence-electron chi connectivity index (χ0n) is 15.0. The lowest BCUT2D eigenvalue weighted by Gasteiger charge is -2.44. The van der Waals surface area contributed by atoms with Gasteiger partial charge >= 0.3 is 0 Å². The van der Waals surface area contributed by atoms with Gasteiger partial charge in [0.2, 0.25) is 0 Å². The normalized spacial score (nSPS) is 19.4. The Kier molecular flexibility index (Phi) is 6.90. The van der Waals surface area contributed by atoms with Gasteiger partial charge in [0, 0.05) is 26.2 Å². The molecule has 1 saturated heterocycles. The van der Waals surface area contributed by atoms with Gasteiger partial charge in [-0.25, -0.2) is 4.39 Å². The SMILES string of the molecule is CC(C=O)OC1(CN(C)C)CCN(CCc2ccccc2F)CC1. The molecule has 24 heavy (non-hydrogen) atoms. The summed E-state index contributed by atoms with van der Waals surface area (Å²) in [6, 6.07) is 6.97. The molecular formula is C19H29FN2O2. The summed E-state index contributed by atoms with van der Waals surface area (Å²) in [6.45, 7) is 5.28. The summed E-state index contributed by atoms with van der Waals surface area (Å²) in [5, 5.41) is 0. The van der Waals surface area contributed by atoms with Gasteiger partial charge in [0.15, 0.2) is 0 Å². The number of benzene rings is 1. The lowest BCUT2D eigenvalue weighted by atomic mass is 9.90. The number of nitrogens with zero attached hydrogens (tertiary/aromatic N) is 2. The smallest absolute Gasteiger partial charge is 0.148 e. The summed E-state index contributed by atoms with van der Waals surface area (Å²) in [5.74, 6) is -0.125.